The van der Waals surface area contributed by atoms with Crippen LogP contribution >= 0.6 is 15.9 Å². The molecule has 0 atom stereocenters. The summed E-state index contributed by atoms with van der Waals surface area (Å²) in [6, 6.07) is 75.0. The van der Waals surface area contributed by atoms with Crippen LogP contribution in [0, 0.1) is 12.1 Å². The van der Waals surface area contributed by atoms with Crippen LogP contribution in [-0.2, 0) is 0 Å². The van der Waals surface area contributed by atoms with E-state index in [1.54, 1.807) is 0 Å². The third-order valence-electron chi connectivity index (χ3n) is 13.0. The highest BCUT2D eigenvalue weighted by Gasteiger charge is 2.22. The maximum absolute atomic E-state index is 5.45. The number of nitrogens with zero attached hydrogens (tertiary/aromatic N) is 7. The van der Waals surface area contributed by atoms with Crippen LogP contribution in [0.5, 0.6) is 0 Å². The molecule has 0 saturated carbocycles. The number of hydrogen-bond acceptors (Lipinski definition) is 3. The molecule has 5 aromatic heterocycles. The molecule has 14 rings (SSSR count). The maximum Gasteiger partial charge on any atom is 0.240 e. The summed E-state index contributed by atoms with van der Waals surface area (Å²) in [5, 5.41) is 9.08. The average Bonchev–Trinajstić information content (AvgIpc) is 4.09. The van der Waals surface area contributed by atoms with Gasteiger partial charge in [0.2, 0.25) is 11.9 Å². The summed E-state index contributed by atoms with van der Waals surface area (Å²) in [6.07, 6.45) is 0. The number of halogens is 1. The molecule has 0 bridgehead atoms. The summed E-state index contributed by atoms with van der Waals surface area (Å²) in [6.45, 7) is 0. The Hall–Kier alpha value is -8.51. The lowest BCUT2D eigenvalue weighted by atomic mass is 10.1. The van der Waals surface area contributed by atoms with Gasteiger partial charge in [-0.3, -0.25) is 9.13 Å². The van der Waals surface area contributed by atoms with Gasteiger partial charge in [-0.15, -0.1) is 0 Å². The molecule has 0 unspecified atom stereocenters. The van der Waals surface area contributed by atoms with Crippen molar-refractivity contribution in [1.82, 2.24) is 33.2 Å². The fraction of sp³-hybridized carbons (Fsp3) is 0. The topological polar surface area (TPSA) is 58.4 Å². The van der Waals surface area contributed by atoms with Gasteiger partial charge in [0.05, 0.1) is 49.5 Å². The highest BCUT2D eigenvalue weighted by atomic mass is 79.9. The van der Waals surface area contributed by atoms with Crippen LogP contribution in [0.4, 0.5) is 0 Å². The van der Waals surface area contributed by atoms with Crippen molar-refractivity contribution < 1.29 is 0 Å². The molecule has 14 aromatic rings. The van der Waals surface area contributed by atoms with E-state index in [0.717, 1.165) is 86.8 Å². The summed E-state index contributed by atoms with van der Waals surface area (Å²) in [7, 11) is 0. The van der Waals surface area contributed by atoms with Crippen LogP contribution in [-0.4, -0.2) is 33.2 Å². The molecule has 0 aliphatic carbocycles. The molecular weight excluding hydrogens is 863 g/mol. The zero-order chi connectivity index (χ0) is 42.8. The molecule has 5 heterocycles. The molecular formula is C57H32BrN7. The third kappa shape index (κ3) is 5.27. The van der Waals surface area contributed by atoms with Crippen LogP contribution in [0.3, 0.4) is 0 Å². The van der Waals surface area contributed by atoms with Crippen molar-refractivity contribution >= 4 is 103 Å². The summed E-state index contributed by atoms with van der Waals surface area (Å²) in [5.41, 5.74) is 11.6. The zero-order valence-electron chi connectivity index (χ0n) is 34.5. The van der Waals surface area contributed by atoms with E-state index >= 15 is 0 Å². The van der Waals surface area contributed by atoms with E-state index in [-0.39, 0.29) is 0 Å². The predicted octanol–water partition coefficient (Wildman–Crippen LogP) is 14.3. The minimum absolute atomic E-state index is 0.529. The Morgan fingerprint density at radius 1 is 0.354 bits per heavy atom. The number of hydrogen-bond donors (Lipinski definition) is 0. The molecule has 0 radical (unpaired) electrons. The van der Waals surface area contributed by atoms with Crippen molar-refractivity contribution in [2.24, 2.45) is 0 Å². The Labute approximate surface area is 379 Å². The normalized spacial score (nSPS) is 12.0. The Morgan fingerprint density at radius 2 is 0.769 bits per heavy atom. The number of fused-ring (bicyclic) bond motifs is 12. The molecule has 0 amide bonds. The zero-order valence-corrected chi connectivity index (χ0v) is 36.1. The van der Waals surface area contributed by atoms with Crippen LogP contribution in [0.2, 0.25) is 0 Å². The minimum Gasteiger partial charge on any atom is -0.309 e. The van der Waals surface area contributed by atoms with Gasteiger partial charge in [-0.25, -0.2) is 0 Å². The van der Waals surface area contributed by atoms with Crippen LogP contribution in [0.15, 0.2) is 199 Å². The fourth-order valence-corrected chi connectivity index (χ4v) is 10.4. The fourth-order valence-electron chi connectivity index (χ4n) is 10.2. The second-order valence-corrected chi connectivity index (χ2v) is 17.4. The van der Waals surface area contributed by atoms with E-state index in [2.05, 4.69) is 222 Å². The SMILES string of the molecule is Brc1ccc(-c2nc(-n3c4ccccc4c4cc(-n5c6ccc#cc6c6ccccc65)ccc43)nc(-n3c4ccccc4c4cc(-n5c6ccccc6c6ccccc65)ccc43)n2)cc1. The summed E-state index contributed by atoms with van der Waals surface area (Å²) < 4.78 is 10.0. The van der Waals surface area contributed by atoms with Crippen LogP contribution in [0.1, 0.15) is 0 Å². The van der Waals surface area contributed by atoms with Crippen molar-refractivity contribution in [2.75, 3.05) is 0 Å². The lowest BCUT2D eigenvalue weighted by molar-refractivity contribution is 0.892. The van der Waals surface area contributed by atoms with Crippen molar-refractivity contribution in [3.8, 4) is 34.7 Å². The predicted molar refractivity (Wildman–Crippen MR) is 268 cm³/mol. The summed E-state index contributed by atoms with van der Waals surface area (Å²) in [4.78, 5) is 16.1. The lowest BCUT2D eigenvalue weighted by Crippen LogP contribution is -2.10. The Bertz CT molecular complexity index is 3910. The van der Waals surface area contributed by atoms with Gasteiger partial charge in [0, 0.05) is 59.1 Å². The first-order chi connectivity index (χ1) is 32.2. The van der Waals surface area contributed by atoms with Gasteiger partial charge in [0.15, 0.2) is 5.82 Å². The Morgan fingerprint density at radius 3 is 1.29 bits per heavy atom. The molecule has 0 fully saturated rings. The first kappa shape index (κ1) is 36.0. The molecule has 9 aromatic carbocycles. The first-order valence-electron chi connectivity index (χ1n) is 21.6. The molecule has 7 nitrogen and oxygen atoms in total. The lowest BCUT2D eigenvalue weighted by Gasteiger charge is -2.13. The van der Waals surface area contributed by atoms with Crippen LogP contribution in [0.25, 0.3) is 122 Å². The number of rotatable bonds is 5. The average molecular weight is 895 g/mol. The Balaban J connectivity index is 1.01. The molecule has 0 spiro atoms. The molecule has 0 N–H and O–H groups in total. The van der Waals surface area contributed by atoms with Crippen molar-refractivity contribution in [2.45, 2.75) is 0 Å². The molecule has 0 saturated heterocycles. The van der Waals surface area contributed by atoms with E-state index in [4.69, 9.17) is 15.0 Å². The van der Waals surface area contributed by atoms with Crippen molar-refractivity contribution in [1.29, 1.82) is 0 Å². The number of aromatic nitrogens is 7. The minimum atomic E-state index is 0.529. The number of para-hydroxylation sites is 5. The van der Waals surface area contributed by atoms with Gasteiger partial charge in [-0.05, 0) is 91.0 Å². The summed E-state index contributed by atoms with van der Waals surface area (Å²) in [5.74, 6) is 1.64. The van der Waals surface area contributed by atoms with Crippen LogP contribution < -0.4 is 0 Å². The van der Waals surface area contributed by atoms with Gasteiger partial charge in [-0.1, -0.05) is 131 Å². The van der Waals surface area contributed by atoms with Gasteiger partial charge in [0.1, 0.15) is 0 Å². The number of benzene rings is 8. The van der Waals surface area contributed by atoms with E-state index in [9.17, 15) is 0 Å². The van der Waals surface area contributed by atoms with E-state index < -0.39 is 0 Å². The standard InChI is InChI=1S/C57H32BrN7/c58-36-27-25-35(26-28-36)55-59-56(64-51-23-11-5-17-43(51)45-33-37(29-31-53(45)64)62-47-19-7-1-13-39(47)40-14-2-8-20-48(40)62)61-57(60-55)65-52-24-12-6-18-44(52)46-34-38(30-32-54(46)65)63-49-21-9-3-15-41(49)42-16-4-10-22-50(42)63/h1-3,5-15,17-34H. The van der Waals surface area contributed by atoms with Gasteiger partial charge >= 0.3 is 0 Å². The quantitative estimate of drug-likeness (QED) is 0.173. The highest BCUT2D eigenvalue weighted by Crippen LogP contribution is 2.39. The van der Waals surface area contributed by atoms with Crippen molar-refractivity contribution in [3.63, 3.8) is 0 Å². The monoisotopic (exact) mass is 893 g/mol. The first-order valence-corrected chi connectivity index (χ1v) is 22.4. The third-order valence-corrected chi connectivity index (χ3v) is 13.5. The molecule has 0 aliphatic rings. The van der Waals surface area contributed by atoms with E-state index in [1.165, 1.54) is 21.8 Å². The van der Waals surface area contributed by atoms with Gasteiger partial charge < -0.3 is 9.13 Å². The second-order valence-electron chi connectivity index (χ2n) is 16.5. The molecule has 65 heavy (non-hydrogen) atoms. The Kier molecular flexibility index (Phi) is 7.62. The molecule has 0 aliphatic heterocycles. The maximum atomic E-state index is 5.45. The van der Waals surface area contributed by atoms with Gasteiger partial charge in [0.25, 0.3) is 0 Å². The second kappa shape index (κ2) is 13.7. The molecule has 8 heteroatoms. The largest absolute Gasteiger partial charge is 0.309 e. The van der Waals surface area contributed by atoms with E-state index in [0.29, 0.717) is 17.7 Å². The van der Waals surface area contributed by atoms with Crippen molar-refractivity contribution in [3.05, 3.63) is 211 Å². The highest BCUT2D eigenvalue weighted by molar-refractivity contribution is 9.10. The van der Waals surface area contributed by atoms with E-state index in [1.807, 2.05) is 18.2 Å². The summed E-state index contributed by atoms with van der Waals surface area (Å²) >= 11 is 3.64. The van der Waals surface area contributed by atoms with Gasteiger partial charge in [-0.2, -0.15) is 15.0 Å². The smallest absolute Gasteiger partial charge is 0.240 e. The molecule has 302 valence electrons.